The zero-order valence-electron chi connectivity index (χ0n) is 16.8. The maximum atomic E-state index is 12.6. The van der Waals surface area contributed by atoms with Gasteiger partial charge >= 0.3 is 0 Å². The topological polar surface area (TPSA) is 114 Å². The molecule has 1 unspecified atom stereocenters. The minimum atomic E-state index is -3.72. The molecule has 1 aromatic carbocycles. The number of nitrogens with one attached hydrogen (secondary N) is 2. The fourth-order valence-electron chi connectivity index (χ4n) is 3.29. The molecule has 2 amide bonds. The van der Waals surface area contributed by atoms with E-state index in [2.05, 4.69) is 21.9 Å². The van der Waals surface area contributed by atoms with Gasteiger partial charge < -0.3 is 14.8 Å². The van der Waals surface area contributed by atoms with Gasteiger partial charge in [-0.15, -0.1) is 11.3 Å². The zero-order chi connectivity index (χ0) is 21.6. The van der Waals surface area contributed by atoms with Crippen LogP contribution in [0.15, 0.2) is 40.7 Å². The van der Waals surface area contributed by atoms with E-state index in [0.717, 1.165) is 12.8 Å². The molecule has 10 heteroatoms. The molecule has 1 fully saturated rings. The summed E-state index contributed by atoms with van der Waals surface area (Å²) < 4.78 is 27.1. The van der Waals surface area contributed by atoms with Gasteiger partial charge in [0.15, 0.2) is 15.3 Å². The van der Waals surface area contributed by atoms with E-state index < -0.39 is 10.4 Å². The Hall–Kier alpha value is -2.30. The lowest BCUT2D eigenvalue weighted by molar-refractivity contribution is -0.134. The van der Waals surface area contributed by atoms with Gasteiger partial charge in [0.05, 0.1) is 0 Å². The van der Waals surface area contributed by atoms with Crippen LogP contribution in [0, 0.1) is 5.92 Å². The van der Waals surface area contributed by atoms with E-state index in [1.54, 1.807) is 17.5 Å². The highest BCUT2D eigenvalue weighted by atomic mass is 32.3. The molecule has 2 aromatic rings. The number of amides is 2. The number of aromatic nitrogens is 1. The Bertz CT molecular complexity index is 894. The summed E-state index contributed by atoms with van der Waals surface area (Å²) in [6.07, 6.45) is 5.24. The summed E-state index contributed by atoms with van der Waals surface area (Å²) in [6.45, 7) is 3.25. The SMILES string of the molecule is CCCCC(=O)N1CCC(C(=O)Nc2ccc([S+](=O)([O-])Nc3nccs3)cc2)CC1. The number of hydrogen-bond acceptors (Lipinski definition) is 6. The first-order valence-corrected chi connectivity index (χ1v) is 12.4. The Morgan fingerprint density at radius 2 is 1.97 bits per heavy atom. The number of hydrogen-bond donors (Lipinski definition) is 2. The first kappa shape index (κ1) is 22.4. The summed E-state index contributed by atoms with van der Waals surface area (Å²) in [5.74, 6) is -0.0961. The van der Waals surface area contributed by atoms with E-state index in [9.17, 15) is 18.4 Å². The van der Waals surface area contributed by atoms with E-state index in [4.69, 9.17) is 0 Å². The number of thiazole rings is 1. The zero-order valence-corrected chi connectivity index (χ0v) is 18.5. The van der Waals surface area contributed by atoms with Crippen LogP contribution in [0.5, 0.6) is 0 Å². The average molecular weight is 451 g/mol. The van der Waals surface area contributed by atoms with Crippen molar-refractivity contribution in [3.63, 3.8) is 0 Å². The smallest absolute Gasteiger partial charge is 0.227 e. The van der Waals surface area contributed by atoms with Crippen LogP contribution in [0.2, 0.25) is 0 Å². The molecule has 1 aliphatic heterocycles. The average Bonchev–Trinajstić information content (AvgIpc) is 3.24. The molecule has 30 heavy (non-hydrogen) atoms. The number of sulfonamides is 1. The van der Waals surface area contributed by atoms with Crippen LogP contribution < -0.4 is 10.0 Å². The summed E-state index contributed by atoms with van der Waals surface area (Å²) in [7, 11) is -3.72. The predicted molar refractivity (Wildman–Crippen MR) is 117 cm³/mol. The number of rotatable bonds is 8. The van der Waals surface area contributed by atoms with E-state index in [-0.39, 0.29) is 22.6 Å². The summed E-state index contributed by atoms with van der Waals surface area (Å²) in [4.78, 5) is 30.5. The summed E-state index contributed by atoms with van der Waals surface area (Å²) in [5, 5.41) is 4.83. The molecule has 2 heterocycles. The molecule has 0 radical (unpaired) electrons. The minimum Gasteiger partial charge on any atom is -0.588 e. The van der Waals surface area contributed by atoms with Gasteiger partial charge in [-0.2, -0.15) is 4.72 Å². The van der Waals surface area contributed by atoms with Crippen molar-refractivity contribution in [2.24, 2.45) is 5.92 Å². The van der Waals surface area contributed by atoms with Gasteiger partial charge in [-0.3, -0.25) is 9.59 Å². The molecule has 1 aromatic heterocycles. The van der Waals surface area contributed by atoms with Crippen molar-refractivity contribution in [1.29, 1.82) is 0 Å². The molecule has 1 aliphatic rings. The fraction of sp³-hybridized carbons (Fsp3) is 0.450. The monoisotopic (exact) mass is 450 g/mol. The van der Waals surface area contributed by atoms with Crippen molar-refractivity contribution in [2.45, 2.75) is 43.9 Å². The van der Waals surface area contributed by atoms with E-state index >= 15 is 0 Å². The van der Waals surface area contributed by atoms with E-state index in [1.165, 1.54) is 29.7 Å². The number of carbonyl (C=O) groups is 2. The molecule has 1 atom stereocenters. The third-order valence-corrected chi connectivity index (χ3v) is 7.22. The summed E-state index contributed by atoms with van der Waals surface area (Å²) in [5.41, 5.74) is 0.537. The van der Waals surface area contributed by atoms with Gasteiger partial charge in [-0.05, 0) is 43.5 Å². The Morgan fingerprint density at radius 3 is 2.57 bits per heavy atom. The highest BCUT2D eigenvalue weighted by Gasteiger charge is 2.27. The lowest BCUT2D eigenvalue weighted by Gasteiger charge is -2.31. The fourth-order valence-corrected chi connectivity index (χ4v) is 5.08. The van der Waals surface area contributed by atoms with Gasteiger partial charge in [-0.1, -0.05) is 17.6 Å². The lowest BCUT2D eigenvalue weighted by Crippen LogP contribution is -2.41. The Balaban J connectivity index is 1.51. The molecule has 0 spiro atoms. The van der Waals surface area contributed by atoms with E-state index in [0.29, 0.717) is 43.2 Å². The van der Waals surface area contributed by atoms with Crippen LogP contribution in [0.4, 0.5) is 10.8 Å². The number of piperidine rings is 1. The van der Waals surface area contributed by atoms with Crippen LogP contribution in [-0.4, -0.2) is 39.3 Å². The minimum absolute atomic E-state index is 0.0922. The standard InChI is InChI=1S/C20H26N4O4S2/c1-2-3-4-18(25)24-12-9-15(10-13-24)19(26)22-16-5-7-17(8-6-16)30(27,28)23-20-21-11-14-29-20/h5-8,11,14-15H,2-4,9-10,12-13H2,1H3,(H2-,21,22,23,26,27,28). The maximum Gasteiger partial charge on any atom is 0.227 e. The first-order chi connectivity index (χ1) is 14.4. The number of benzene rings is 1. The van der Waals surface area contributed by atoms with Crippen LogP contribution in [0.3, 0.4) is 0 Å². The Kier molecular flexibility index (Phi) is 7.57. The molecule has 0 saturated carbocycles. The van der Waals surface area contributed by atoms with Gasteiger partial charge in [-0.25, -0.2) is 4.98 Å². The highest BCUT2D eigenvalue weighted by Crippen LogP contribution is 2.24. The molecule has 0 bridgehead atoms. The summed E-state index contributed by atoms with van der Waals surface area (Å²) >= 11 is 1.19. The van der Waals surface area contributed by atoms with E-state index in [1.807, 2.05) is 4.90 Å². The molecule has 162 valence electrons. The van der Waals surface area contributed by atoms with Gasteiger partial charge in [0.25, 0.3) is 0 Å². The second kappa shape index (κ2) is 10.1. The first-order valence-electron chi connectivity index (χ1n) is 10.00. The van der Waals surface area contributed by atoms with Crippen molar-refractivity contribution >= 4 is 44.4 Å². The predicted octanol–water partition coefficient (Wildman–Crippen LogP) is 3.53. The van der Waals surface area contributed by atoms with Crippen molar-refractivity contribution < 1.29 is 18.4 Å². The van der Waals surface area contributed by atoms with Crippen LogP contribution in [0.1, 0.15) is 39.0 Å². The van der Waals surface area contributed by atoms with Crippen molar-refractivity contribution in [3.05, 3.63) is 35.8 Å². The third-order valence-electron chi connectivity index (χ3n) is 5.05. The van der Waals surface area contributed by atoms with Crippen LogP contribution in [0.25, 0.3) is 0 Å². The summed E-state index contributed by atoms with van der Waals surface area (Å²) in [6, 6.07) is 6.02. The second-order valence-corrected chi connectivity index (χ2v) is 9.79. The lowest BCUT2D eigenvalue weighted by atomic mass is 9.95. The second-order valence-electron chi connectivity index (χ2n) is 7.21. The molecular formula is C20H26N4O4S2. The third kappa shape index (κ3) is 5.87. The van der Waals surface area contributed by atoms with Crippen molar-refractivity contribution in [2.75, 3.05) is 23.1 Å². The molecule has 2 N–H and O–H groups in total. The quantitative estimate of drug-likeness (QED) is 0.597. The molecule has 0 aliphatic carbocycles. The molecule has 1 saturated heterocycles. The Morgan fingerprint density at radius 1 is 1.27 bits per heavy atom. The van der Waals surface area contributed by atoms with Gasteiger partial charge in [0.2, 0.25) is 16.9 Å². The van der Waals surface area contributed by atoms with Crippen LogP contribution >= 0.6 is 11.3 Å². The number of anilines is 2. The number of carbonyl (C=O) groups excluding carboxylic acids is 2. The Labute approximate surface area is 181 Å². The van der Waals surface area contributed by atoms with Gasteiger partial charge in [0.1, 0.15) is 0 Å². The van der Waals surface area contributed by atoms with Crippen molar-refractivity contribution in [1.82, 2.24) is 9.88 Å². The number of unbranched alkanes of at least 4 members (excludes halogenated alkanes) is 1. The van der Waals surface area contributed by atoms with Gasteiger partial charge in [0, 0.05) is 42.7 Å². The highest BCUT2D eigenvalue weighted by molar-refractivity contribution is 7.99. The van der Waals surface area contributed by atoms with Crippen molar-refractivity contribution in [3.8, 4) is 0 Å². The maximum absolute atomic E-state index is 12.6. The molecule has 8 nitrogen and oxygen atoms in total. The van der Waals surface area contributed by atoms with Crippen LogP contribution in [-0.2, 0) is 24.2 Å². The molecule has 3 rings (SSSR count). The molecular weight excluding hydrogens is 424 g/mol. The largest absolute Gasteiger partial charge is 0.588 e. The number of likely N-dealkylation sites (tertiary alicyclic amines) is 1. The number of nitrogens with zero attached hydrogens (tertiary/aromatic N) is 2. The normalized spacial score (nSPS) is 16.7.